The second-order valence-electron chi connectivity index (χ2n) is 4.52. The first kappa shape index (κ1) is 11.8. The van der Waals surface area contributed by atoms with Crippen molar-refractivity contribution < 1.29 is 9.47 Å². The van der Waals surface area contributed by atoms with Crippen molar-refractivity contribution in [1.82, 2.24) is 0 Å². The molecule has 2 nitrogen and oxygen atoms in total. The summed E-state index contributed by atoms with van der Waals surface area (Å²) in [7, 11) is 1.69. The van der Waals surface area contributed by atoms with Gasteiger partial charge in [0.15, 0.2) is 0 Å². The van der Waals surface area contributed by atoms with E-state index in [4.69, 9.17) is 9.47 Å². The third-order valence-electron chi connectivity index (χ3n) is 2.64. The lowest BCUT2D eigenvalue weighted by Gasteiger charge is -2.13. The molecule has 0 aliphatic carbocycles. The minimum absolute atomic E-state index is 0.524. The van der Waals surface area contributed by atoms with Crippen molar-refractivity contribution in [2.24, 2.45) is 5.92 Å². The number of ether oxygens (including phenoxy) is 2. The highest BCUT2D eigenvalue weighted by Gasteiger charge is 2.07. The highest BCUT2D eigenvalue weighted by Crippen LogP contribution is 2.32. The van der Waals surface area contributed by atoms with Gasteiger partial charge < -0.3 is 9.47 Å². The summed E-state index contributed by atoms with van der Waals surface area (Å²) < 4.78 is 11.2. The Morgan fingerprint density at radius 1 is 0.941 bits per heavy atom. The molecule has 0 saturated heterocycles. The zero-order valence-electron chi connectivity index (χ0n) is 10.6. The van der Waals surface area contributed by atoms with E-state index in [0.29, 0.717) is 5.92 Å². The molecule has 0 aromatic heterocycles. The van der Waals surface area contributed by atoms with Gasteiger partial charge in [-0.2, -0.15) is 0 Å². The molecule has 2 aromatic carbocycles. The van der Waals surface area contributed by atoms with Gasteiger partial charge in [0.1, 0.15) is 11.5 Å². The van der Waals surface area contributed by atoms with Crippen LogP contribution in [0.4, 0.5) is 0 Å². The third-order valence-corrected chi connectivity index (χ3v) is 2.64. The van der Waals surface area contributed by atoms with Gasteiger partial charge >= 0.3 is 0 Å². The van der Waals surface area contributed by atoms with Crippen molar-refractivity contribution >= 4 is 10.8 Å². The molecule has 0 fully saturated rings. The minimum Gasteiger partial charge on any atom is -0.496 e. The summed E-state index contributed by atoms with van der Waals surface area (Å²) in [4.78, 5) is 0. The average molecular weight is 230 g/mol. The molecule has 0 bridgehead atoms. The lowest BCUT2D eigenvalue weighted by molar-refractivity contribution is 0.274. The van der Waals surface area contributed by atoms with Gasteiger partial charge in [-0.1, -0.05) is 38.1 Å². The molecule has 0 spiro atoms. The van der Waals surface area contributed by atoms with Crippen molar-refractivity contribution in [2.75, 3.05) is 13.7 Å². The first-order valence-electron chi connectivity index (χ1n) is 5.91. The van der Waals surface area contributed by atoms with E-state index in [1.165, 1.54) is 0 Å². The predicted octanol–water partition coefficient (Wildman–Crippen LogP) is 3.88. The van der Waals surface area contributed by atoms with Gasteiger partial charge in [-0.15, -0.1) is 0 Å². The molecule has 0 N–H and O–H groups in total. The highest BCUT2D eigenvalue weighted by molar-refractivity contribution is 5.93. The predicted molar refractivity (Wildman–Crippen MR) is 70.8 cm³/mol. The Morgan fingerprint density at radius 2 is 1.53 bits per heavy atom. The molecule has 0 radical (unpaired) electrons. The van der Waals surface area contributed by atoms with E-state index in [2.05, 4.69) is 26.0 Å². The summed E-state index contributed by atoms with van der Waals surface area (Å²) in [6.07, 6.45) is 0. The van der Waals surface area contributed by atoms with E-state index in [0.717, 1.165) is 28.9 Å². The van der Waals surface area contributed by atoms with Gasteiger partial charge in [0, 0.05) is 10.8 Å². The van der Waals surface area contributed by atoms with Crippen molar-refractivity contribution in [2.45, 2.75) is 13.8 Å². The maximum atomic E-state index is 5.82. The second kappa shape index (κ2) is 5.09. The van der Waals surface area contributed by atoms with Gasteiger partial charge in [-0.05, 0) is 18.1 Å². The lowest BCUT2D eigenvalue weighted by atomic mass is 10.1. The smallest absolute Gasteiger partial charge is 0.127 e. The summed E-state index contributed by atoms with van der Waals surface area (Å²) in [5.41, 5.74) is 0. The van der Waals surface area contributed by atoms with E-state index < -0.39 is 0 Å². The quantitative estimate of drug-likeness (QED) is 0.793. The van der Waals surface area contributed by atoms with Gasteiger partial charge in [-0.25, -0.2) is 0 Å². The topological polar surface area (TPSA) is 18.5 Å². The molecule has 17 heavy (non-hydrogen) atoms. The zero-order valence-corrected chi connectivity index (χ0v) is 10.6. The van der Waals surface area contributed by atoms with Gasteiger partial charge in [0.2, 0.25) is 0 Å². The van der Waals surface area contributed by atoms with Crippen LogP contribution in [0.5, 0.6) is 11.5 Å². The Hall–Kier alpha value is -1.70. The zero-order chi connectivity index (χ0) is 12.3. The van der Waals surface area contributed by atoms with E-state index >= 15 is 0 Å². The number of rotatable bonds is 4. The van der Waals surface area contributed by atoms with Crippen LogP contribution in [0.15, 0.2) is 36.4 Å². The molecule has 0 aliphatic heterocycles. The van der Waals surface area contributed by atoms with E-state index in [-0.39, 0.29) is 0 Å². The summed E-state index contributed by atoms with van der Waals surface area (Å²) in [6.45, 7) is 5.02. The van der Waals surface area contributed by atoms with Crippen LogP contribution in [-0.4, -0.2) is 13.7 Å². The summed E-state index contributed by atoms with van der Waals surface area (Å²) in [6, 6.07) is 12.1. The van der Waals surface area contributed by atoms with Crippen LogP contribution in [0.25, 0.3) is 10.8 Å². The van der Waals surface area contributed by atoms with Crippen LogP contribution >= 0.6 is 0 Å². The van der Waals surface area contributed by atoms with Crippen LogP contribution < -0.4 is 9.47 Å². The molecular formula is C15H18O2. The number of hydrogen-bond donors (Lipinski definition) is 0. The monoisotopic (exact) mass is 230 g/mol. The Morgan fingerprint density at radius 3 is 2.12 bits per heavy atom. The second-order valence-corrected chi connectivity index (χ2v) is 4.52. The van der Waals surface area contributed by atoms with Crippen molar-refractivity contribution in [3.8, 4) is 11.5 Å². The van der Waals surface area contributed by atoms with Crippen LogP contribution in [0.3, 0.4) is 0 Å². The Balaban J connectivity index is 2.43. The van der Waals surface area contributed by atoms with Crippen molar-refractivity contribution in [3.63, 3.8) is 0 Å². The molecule has 0 saturated carbocycles. The number of methoxy groups -OCH3 is 1. The van der Waals surface area contributed by atoms with E-state index in [1.54, 1.807) is 7.11 Å². The Kier molecular flexibility index (Phi) is 3.52. The first-order valence-corrected chi connectivity index (χ1v) is 5.91. The largest absolute Gasteiger partial charge is 0.496 e. The van der Waals surface area contributed by atoms with Crippen LogP contribution in [0.2, 0.25) is 0 Å². The summed E-state index contributed by atoms with van der Waals surface area (Å²) >= 11 is 0. The number of fused-ring (bicyclic) bond motifs is 1. The van der Waals surface area contributed by atoms with Gasteiger partial charge in [0.05, 0.1) is 13.7 Å². The fraction of sp³-hybridized carbons (Fsp3) is 0.333. The van der Waals surface area contributed by atoms with Crippen molar-refractivity contribution in [1.29, 1.82) is 0 Å². The highest BCUT2D eigenvalue weighted by atomic mass is 16.5. The maximum Gasteiger partial charge on any atom is 0.127 e. The maximum absolute atomic E-state index is 5.82. The molecule has 2 aromatic rings. The molecule has 0 amide bonds. The minimum atomic E-state index is 0.524. The molecule has 0 aliphatic rings. The molecule has 2 rings (SSSR count). The fourth-order valence-corrected chi connectivity index (χ4v) is 1.80. The lowest BCUT2D eigenvalue weighted by Crippen LogP contribution is -2.04. The van der Waals surface area contributed by atoms with E-state index in [9.17, 15) is 0 Å². The van der Waals surface area contributed by atoms with Crippen LogP contribution in [0, 0.1) is 5.92 Å². The van der Waals surface area contributed by atoms with Crippen molar-refractivity contribution in [3.05, 3.63) is 36.4 Å². The Bertz CT molecular complexity index is 503. The summed E-state index contributed by atoms with van der Waals surface area (Å²) in [5.74, 6) is 2.34. The van der Waals surface area contributed by atoms with Crippen LogP contribution in [-0.2, 0) is 0 Å². The summed E-state index contributed by atoms with van der Waals surface area (Å²) in [5, 5.41) is 2.20. The fourth-order valence-electron chi connectivity index (χ4n) is 1.80. The molecule has 2 heteroatoms. The van der Waals surface area contributed by atoms with Crippen LogP contribution in [0.1, 0.15) is 13.8 Å². The molecule has 0 unspecified atom stereocenters. The molecule has 0 heterocycles. The third kappa shape index (κ3) is 2.52. The average Bonchev–Trinajstić information content (AvgIpc) is 2.35. The Labute approximate surface area is 102 Å². The standard InChI is InChI=1S/C15H18O2/c1-11(2)10-17-15-9-8-14(16-3)12-6-4-5-7-13(12)15/h4-9,11H,10H2,1-3H3. The molecule has 90 valence electrons. The first-order chi connectivity index (χ1) is 8.22. The molecular weight excluding hydrogens is 212 g/mol. The van der Waals surface area contributed by atoms with E-state index in [1.807, 2.05) is 24.3 Å². The van der Waals surface area contributed by atoms with Gasteiger partial charge in [-0.3, -0.25) is 0 Å². The normalized spacial score (nSPS) is 10.8. The number of hydrogen-bond acceptors (Lipinski definition) is 2. The van der Waals surface area contributed by atoms with Gasteiger partial charge in [0.25, 0.3) is 0 Å². The number of benzene rings is 2. The molecule has 0 atom stereocenters. The SMILES string of the molecule is COc1ccc(OCC(C)C)c2ccccc12.